The molecule has 0 saturated heterocycles. The quantitative estimate of drug-likeness (QED) is 0.713. The van der Waals surface area contributed by atoms with E-state index in [1.807, 2.05) is 0 Å². The number of hydrogen-bond donors (Lipinski definition) is 1. The molecular formula is C12H25NO2S. The maximum Gasteiger partial charge on any atom is 0.151 e. The van der Waals surface area contributed by atoms with E-state index in [0.717, 1.165) is 25.7 Å². The van der Waals surface area contributed by atoms with Crippen LogP contribution in [0.15, 0.2) is 0 Å². The molecule has 1 rings (SSSR count). The smallest absolute Gasteiger partial charge is 0.151 e. The van der Waals surface area contributed by atoms with E-state index in [0.29, 0.717) is 30.0 Å². The van der Waals surface area contributed by atoms with Crippen molar-refractivity contribution in [3.05, 3.63) is 0 Å². The predicted octanol–water partition coefficient (Wildman–Crippen LogP) is 1.98. The topological polar surface area (TPSA) is 46.2 Å². The molecule has 0 amide bonds. The van der Waals surface area contributed by atoms with Gasteiger partial charge in [0.05, 0.1) is 11.5 Å². The Kier molecular flexibility index (Phi) is 5.76. The summed E-state index contributed by atoms with van der Waals surface area (Å²) in [7, 11) is -2.82. The van der Waals surface area contributed by atoms with Gasteiger partial charge in [0.1, 0.15) is 0 Å². The number of hydrogen-bond acceptors (Lipinski definition) is 3. The summed E-state index contributed by atoms with van der Waals surface area (Å²) in [6.07, 6.45) is 5.57. The van der Waals surface area contributed by atoms with Crippen LogP contribution in [0.5, 0.6) is 0 Å². The SMILES string of the molecule is CCC(CC)NCCS(=O)(=O)CC1CCC1. The van der Waals surface area contributed by atoms with E-state index in [9.17, 15) is 8.42 Å². The summed E-state index contributed by atoms with van der Waals surface area (Å²) in [6, 6.07) is 0.471. The molecule has 0 spiro atoms. The molecule has 3 nitrogen and oxygen atoms in total. The van der Waals surface area contributed by atoms with Gasteiger partial charge < -0.3 is 5.32 Å². The van der Waals surface area contributed by atoms with E-state index < -0.39 is 9.84 Å². The molecule has 0 bridgehead atoms. The third-order valence-electron chi connectivity index (χ3n) is 3.55. The molecule has 0 aromatic heterocycles. The van der Waals surface area contributed by atoms with Crippen LogP contribution in [0, 0.1) is 5.92 Å². The van der Waals surface area contributed by atoms with Crippen molar-refractivity contribution >= 4 is 9.84 Å². The van der Waals surface area contributed by atoms with Crippen molar-refractivity contribution in [3.8, 4) is 0 Å². The molecule has 0 unspecified atom stereocenters. The summed E-state index contributed by atoms with van der Waals surface area (Å²) in [5, 5.41) is 3.31. The van der Waals surface area contributed by atoms with Crippen LogP contribution in [0.3, 0.4) is 0 Å². The molecule has 0 heterocycles. The maximum atomic E-state index is 11.8. The van der Waals surface area contributed by atoms with Gasteiger partial charge in [-0.25, -0.2) is 8.42 Å². The second-order valence-electron chi connectivity index (χ2n) is 4.88. The molecule has 1 fully saturated rings. The van der Waals surface area contributed by atoms with Crippen molar-refractivity contribution in [1.82, 2.24) is 5.32 Å². The molecule has 1 saturated carbocycles. The second-order valence-corrected chi connectivity index (χ2v) is 7.11. The first kappa shape index (κ1) is 14.0. The average molecular weight is 247 g/mol. The lowest BCUT2D eigenvalue weighted by molar-refractivity contribution is 0.347. The number of rotatable bonds is 8. The molecule has 96 valence electrons. The summed E-state index contributed by atoms with van der Waals surface area (Å²) < 4.78 is 23.5. The zero-order valence-electron chi connectivity index (χ0n) is 10.5. The van der Waals surface area contributed by atoms with E-state index in [-0.39, 0.29) is 0 Å². The van der Waals surface area contributed by atoms with Gasteiger partial charge in [0.15, 0.2) is 9.84 Å². The fraction of sp³-hybridized carbons (Fsp3) is 1.00. The summed E-state index contributed by atoms with van der Waals surface area (Å²) >= 11 is 0. The van der Waals surface area contributed by atoms with Crippen LogP contribution in [0.4, 0.5) is 0 Å². The highest BCUT2D eigenvalue weighted by Gasteiger charge is 2.24. The minimum Gasteiger partial charge on any atom is -0.313 e. The minimum absolute atomic E-state index is 0.306. The molecule has 0 aromatic carbocycles. The summed E-state index contributed by atoms with van der Waals surface area (Å²) in [6.45, 7) is 4.87. The van der Waals surface area contributed by atoms with Gasteiger partial charge in [-0.2, -0.15) is 0 Å². The fourth-order valence-electron chi connectivity index (χ4n) is 2.10. The van der Waals surface area contributed by atoms with E-state index in [2.05, 4.69) is 19.2 Å². The highest BCUT2D eigenvalue weighted by molar-refractivity contribution is 7.91. The lowest BCUT2D eigenvalue weighted by atomic mass is 9.87. The number of nitrogens with one attached hydrogen (secondary N) is 1. The molecule has 0 aliphatic heterocycles. The lowest BCUT2D eigenvalue weighted by Crippen LogP contribution is -2.34. The second kappa shape index (κ2) is 6.60. The molecule has 1 N–H and O–H groups in total. The molecule has 1 aliphatic rings. The Morgan fingerprint density at radius 2 is 1.88 bits per heavy atom. The Bertz CT molecular complexity index is 279. The monoisotopic (exact) mass is 247 g/mol. The van der Waals surface area contributed by atoms with Crippen molar-refractivity contribution in [2.24, 2.45) is 5.92 Å². The van der Waals surface area contributed by atoms with Gasteiger partial charge in [-0.3, -0.25) is 0 Å². The van der Waals surface area contributed by atoms with Gasteiger partial charge in [-0.15, -0.1) is 0 Å². The first-order valence-electron chi connectivity index (χ1n) is 6.51. The third-order valence-corrected chi connectivity index (χ3v) is 5.35. The summed E-state index contributed by atoms with van der Waals surface area (Å²) in [5.74, 6) is 1.18. The van der Waals surface area contributed by atoms with Gasteiger partial charge in [-0.05, 0) is 31.6 Å². The van der Waals surface area contributed by atoms with E-state index in [1.54, 1.807) is 0 Å². The molecule has 0 atom stereocenters. The van der Waals surface area contributed by atoms with Crippen molar-refractivity contribution in [3.63, 3.8) is 0 Å². The average Bonchev–Trinajstić information content (AvgIpc) is 2.19. The Labute approximate surface area is 99.9 Å². The van der Waals surface area contributed by atoms with Crippen LogP contribution in [0.1, 0.15) is 46.0 Å². The zero-order valence-corrected chi connectivity index (χ0v) is 11.4. The largest absolute Gasteiger partial charge is 0.313 e. The minimum atomic E-state index is -2.82. The maximum absolute atomic E-state index is 11.8. The number of sulfone groups is 1. The highest BCUT2D eigenvalue weighted by atomic mass is 32.2. The van der Waals surface area contributed by atoms with Crippen LogP contribution in [-0.4, -0.2) is 32.5 Å². The van der Waals surface area contributed by atoms with E-state index in [4.69, 9.17) is 0 Å². The Morgan fingerprint density at radius 1 is 1.25 bits per heavy atom. The Morgan fingerprint density at radius 3 is 2.31 bits per heavy atom. The third kappa shape index (κ3) is 4.83. The first-order chi connectivity index (χ1) is 7.57. The van der Waals surface area contributed by atoms with Crippen LogP contribution < -0.4 is 5.32 Å². The Balaban J connectivity index is 2.19. The standard InChI is InChI=1S/C12H25NO2S/c1-3-12(4-2)13-8-9-16(14,15)10-11-6-5-7-11/h11-13H,3-10H2,1-2H3. The van der Waals surface area contributed by atoms with Crippen molar-refractivity contribution in [2.45, 2.75) is 52.0 Å². The van der Waals surface area contributed by atoms with Crippen molar-refractivity contribution in [2.75, 3.05) is 18.1 Å². The highest BCUT2D eigenvalue weighted by Crippen LogP contribution is 2.27. The van der Waals surface area contributed by atoms with Crippen molar-refractivity contribution in [1.29, 1.82) is 0 Å². The fourth-order valence-corrected chi connectivity index (χ4v) is 3.74. The molecule has 16 heavy (non-hydrogen) atoms. The molecule has 4 heteroatoms. The van der Waals surface area contributed by atoms with Gasteiger partial charge in [0.25, 0.3) is 0 Å². The van der Waals surface area contributed by atoms with Crippen LogP contribution in [0.25, 0.3) is 0 Å². The molecule has 0 radical (unpaired) electrons. The summed E-state index contributed by atoms with van der Waals surface area (Å²) in [4.78, 5) is 0. The molecule has 0 aromatic rings. The molecular weight excluding hydrogens is 222 g/mol. The van der Waals surface area contributed by atoms with Gasteiger partial charge in [-0.1, -0.05) is 20.3 Å². The predicted molar refractivity (Wildman–Crippen MR) is 68.4 cm³/mol. The summed E-state index contributed by atoms with van der Waals surface area (Å²) in [5.41, 5.74) is 0. The van der Waals surface area contributed by atoms with Crippen LogP contribution in [0.2, 0.25) is 0 Å². The molecule has 1 aliphatic carbocycles. The Hall–Kier alpha value is -0.0900. The van der Waals surface area contributed by atoms with E-state index in [1.165, 1.54) is 6.42 Å². The van der Waals surface area contributed by atoms with Gasteiger partial charge >= 0.3 is 0 Å². The van der Waals surface area contributed by atoms with Crippen LogP contribution >= 0.6 is 0 Å². The normalized spacial score (nSPS) is 17.7. The zero-order chi connectivity index (χ0) is 12.0. The van der Waals surface area contributed by atoms with Crippen LogP contribution in [-0.2, 0) is 9.84 Å². The lowest BCUT2D eigenvalue weighted by Gasteiger charge is -2.25. The van der Waals surface area contributed by atoms with E-state index >= 15 is 0 Å². The first-order valence-corrected chi connectivity index (χ1v) is 8.33. The van der Waals surface area contributed by atoms with Gasteiger partial charge in [0.2, 0.25) is 0 Å². The van der Waals surface area contributed by atoms with Gasteiger partial charge in [0, 0.05) is 12.6 Å². The van der Waals surface area contributed by atoms with Crippen molar-refractivity contribution < 1.29 is 8.42 Å².